The molecule has 0 unspecified atom stereocenters. The number of rotatable bonds is 8. The van der Waals surface area contributed by atoms with Gasteiger partial charge in [0.25, 0.3) is 11.8 Å². The van der Waals surface area contributed by atoms with Crippen molar-refractivity contribution in [2.45, 2.75) is 13.8 Å². The summed E-state index contributed by atoms with van der Waals surface area (Å²) in [5, 5.41) is 14.7. The zero-order chi connectivity index (χ0) is 24.7. The molecule has 0 bridgehead atoms. The van der Waals surface area contributed by atoms with Gasteiger partial charge in [-0.2, -0.15) is 5.26 Å². The molecule has 0 radical (unpaired) electrons. The average Bonchev–Trinajstić information content (AvgIpc) is 3.12. The molecule has 1 heterocycles. The molecule has 0 aliphatic carbocycles. The second-order valence-corrected chi connectivity index (χ2v) is 7.52. The zero-order valence-corrected chi connectivity index (χ0v) is 19.2. The maximum atomic E-state index is 13.7. The highest BCUT2D eigenvalue weighted by Crippen LogP contribution is 2.24. The minimum absolute atomic E-state index is 0.0598. The van der Waals surface area contributed by atoms with Gasteiger partial charge in [0.2, 0.25) is 0 Å². The Morgan fingerprint density at radius 2 is 1.76 bits per heavy atom. The molecule has 0 spiro atoms. The Hall–Kier alpha value is -4.38. The quantitative estimate of drug-likeness (QED) is 0.304. The van der Waals surface area contributed by atoms with E-state index in [4.69, 9.17) is 4.74 Å². The molecule has 1 aromatic heterocycles. The Labute approximate surface area is 197 Å². The van der Waals surface area contributed by atoms with Gasteiger partial charge in [-0.05, 0) is 68.0 Å². The van der Waals surface area contributed by atoms with Gasteiger partial charge in [0, 0.05) is 30.2 Å². The number of benzene rings is 2. The summed E-state index contributed by atoms with van der Waals surface area (Å²) in [6, 6.07) is 17.1. The van der Waals surface area contributed by atoms with Crippen LogP contribution in [0.4, 0.5) is 4.39 Å². The summed E-state index contributed by atoms with van der Waals surface area (Å²) in [6.45, 7) is 4.03. The Morgan fingerprint density at radius 3 is 2.41 bits per heavy atom. The molecular formula is C26H25FN4O3. The number of hydrogen-bond donors (Lipinski definition) is 2. The second kappa shape index (κ2) is 11.0. The number of ether oxygens (including phenoxy) is 1. The van der Waals surface area contributed by atoms with Gasteiger partial charge in [-0.1, -0.05) is 12.1 Å². The van der Waals surface area contributed by atoms with Gasteiger partial charge in [0.1, 0.15) is 23.2 Å². The van der Waals surface area contributed by atoms with Gasteiger partial charge in [-0.25, -0.2) is 4.39 Å². The minimum Gasteiger partial charge on any atom is -0.497 e. The Bertz CT molecular complexity index is 1270. The standard InChI is InChI=1S/C26H25FN4O3/c1-17-14-19(18(2)31(17)21-8-10-22(34-3)11-9-21)15-20(16-28)25(32)29-12-13-30-26(33)23-6-4-5-7-24(23)27/h4-11,14-15H,12-13H2,1-3H3,(H,29,32)(H,30,33). The number of nitriles is 1. The molecule has 0 fully saturated rings. The first kappa shape index (κ1) is 24.3. The van der Waals surface area contributed by atoms with Crippen LogP contribution < -0.4 is 15.4 Å². The number of aromatic nitrogens is 1. The van der Waals surface area contributed by atoms with Crippen LogP contribution >= 0.6 is 0 Å². The third-order valence-corrected chi connectivity index (χ3v) is 5.28. The molecule has 3 rings (SSSR count). The number of methoxy groups -OCH3 is 1. The molecule has 0 aliphatic rings. The van der Waals surface area contributed by atoms with E-state index in [-0.39, 0.29) is 24.2 Å². The second-order valence-electron chi connectivity index (χ2n) is 7.52. The molecule has 174 valence electrons. The summed E-state index contributed by atoms with van der Waals surface area (Å²) in [6.07, 6.45) is 1.54. The summed E-state index contributed by atoms with van der Waals surface area (Å²) in [5.74, 6) is -1.00. The van der Waals surface area contributed by atoms with Crippen molar-refractivity contribution in [3.05, 3.63) is 88.5 Å². The van der Waals surface area contributed by atoms with Gasteiger partial charge in [0.15, 0.2) is 0 Å². The van der Waals surface area contributed by atoms with Crippen molar-refractivity contribution in [2.75, 3.05) is 20.2 Å². The molecule has 34 heavy (non-hydrogen) atoms. The van der Waals surface area contributed by atoms with Crippen LogP contribution in [0.5, 0.6) is 5.75 Å². The highest BCUT2D eigenvalue weighted by Gasteiger charge is 2.14. The summed E-state index contributed by atoms with van der Waals surface area (Å²) in [5.41, 5.74) is 3.37. The maximum absolute atomic E-state index is 13.7. The van der Waals surface area contributed by atoms with Crippen molar-refractivity contribution in [1.29, 1.82) is 5.26 Å². The van der Waals surface area contributed by atoms with Crippen molar-refractivity contribution in [1.82, 2.24) is 15.2 Å². The van der Waals surface area contributed by atoms with Crippen LogP contribution in [0.3, 0.4) is 0 Å². The predicted molar refractivity (Wildman–Crippen MR) is 127 cm³/mol. The van der Waals surface area contributed by atoms with Gasteiger partial charge in [-0.15, -0.1) is 0 Å². The van der Waals surface area contributed by atoms with E-state index in [1.807, 2.05) is 54.8 Å². The van der Waals surface area contributed by atoms with E-state index in [0.29, 0.717) is 0 Å². The van der Waals surface area contributed by atoms with Crippen LogP contribution in [-0.2, 0) is 4.79 Å². The number of nitrogens with zero attached hydrogens (tertiary/aromatic N) is 2. The largest absolute Gasteiger partial charge is 0.497 e. The minimum atomic E-state index is -0.619. The van der Waals surface area contributed by atoms with E-state index in [9.17, 15) is 19.2 Å². The smallest absolute Gasteiger partial charge is 0.262 e. The first-order valence-corrected chi connectivity index (χ1v) is 10.6. The van der Waals surface area contributed by atoms with Crippen LogP contribution in [0.1, 0.15) is 27.3 Å². The van der Waals surface area contributed by atoms with E-state index < -0.39 is 17.6 Å². The van der Waals surface area contributed by atoms with Crippen molar-refractivity contribution in [3.8, 4) is 17.5 Å². The van der Waals surface area contributed by atoms with E-state index in [2.05, 4.69) is 10.6 Å². The van der Waals surface area contributed by atoms with E-state index in [0.717, 1.165) is 28.4 Å². The normalized spacial score (nSPS) is 11.0. The van der Waals surface area contributed by atoms with E-state index >= 15 is 0 Å². The van der Waals surface area contributed by atoms with E-state index in [1.165, 1.54) is 24.3 Å². The van der Waals surface area contributed by atoms with Crippen molar-refractivity contribution >= 4 is 17.9 Å². The number of carbonyl (C=O) groups is 2. The number of halogens is 1. The fraction of sp³-hybridized carbons (Fsp3) is 0.192. The monoisotopic (exact) mass is 460 g/mol. The molecule has 0 saturated heterocycles. The molecule has 7 nitrogen and oxygen atoms in total. The first-order chi connectivity index (χ1) is 16.3. The number of hydrogen-bond acceptors (Lipinski definition) is 4. The summed E-state index contributed by atoms with van der Waals surface area (Å²) in [7, 11) is 1.61. The van der Waals surface area contributed by atoms with Gasteiger partial charge in [0.05, 0.1) is 12.7 Å². The molecule has 2 amide bonds. The number of amides is 2. The Morgan fingerprint density at radius 1 is 1.09 bits per heavy atom. The van der Waals surface area contributed by atoms with E-state index in [1.54, 1.807) is 13.2 Å². The SMILES string of the molecule is COc1ccc(-n2c(C)cc(C=C(C#N)C(=O)NCCNC(=O)c3ccccc3F)c2C)cc1. The lowest BCUT2D eigenvalue weighted by atomic mass is 10.1. The van der Waals surface area contributed by atoms with Crippen LogP contribution in [0, 0.1) is 31.0 Å². The highest BCUT2D eigenvalue weighted by atomic mass is 19.1. The molecule has 8 heteroatoms. The van der Waals surface area contributed by atoms with Crippen LogP contribution in [0.25, 0.3) is 11.8 Å². The van der Waals surface area contributed by atoms with Crippen LogP contribution in [-0.4, -0.2) is 36.6 Å². The maximum Gasteiger partial charge on any atom is 0.262 e. The average molecular weight is 461 g/mol. The van der Waals surface area contributed by atoms with Crippen molar-refractivity contribution in [3.63, 3.8) is 0 Å². The summed E-state index contributed by atoms with van der Waals surface area (Å²) >= 11 is 0. The molecule has 3 aromatic rings. The fourth-order valence-corrected chi connectivity index (χ4v) is 3.55. The van der Waals surface area contributed by atoms with Crippen molar-refractivity contribution in [2.24, 2.45) is 0 Å². The molecule has 0 saturated carbocycles. The Kier molecular flexibility index (Phi) is 7.83. The van der Waals surface area contributed by atoms with Gasteiger partial charge in [-0.3, -0.25) is 9.59 Å². The first-order valence-electron chi connectivity index (χ1n) is 10.6. The Balaban J connectivity index is 1.65. The fourth-order valence-electron chi connectivity index (χ4n) is 3.55. The van der Waals surface area contributed by atoms with Crippen molar-refractivity contribution < 1.29 is 18.7 Å². The molecule has 2 aromatic carbocycles. The van der Waals surface area contributed by atoms with Gasteiger partial charge >= 0.3 is 0 Å². The molecule has 2 N–H and O–H groups in total. The lowest BCUT2D eigenvalue weighted by Crippen LogP contribution is -2.35. The number of carbonyl (C=O) groups excluding carboxylic acids is 2. The van der Waals surface area contributed by atoms with Crippen LogP contribution in [0.15, 0.2) is 60.2 Å². The lowest BCUT2D eigenvalue weighted by Gasteiger charge is -2.10. The predicted octanol–water partition coefficient (Wildman–Crippen LogP) is 3.70. The highest BCUT2D eigenvalue weighted by molar-refractivity contribution is 6.02. The van der Waals surface area contributed by atoms with Gasteiger partial charge < -0.3 is 19.9 Å². The summed E-state index contributed by atoms with van der Waals surface area (Å²) < 4.78 is 20.9. The zero-order valence-electron chi connectivity index (χ0n) is 19.2. The lowest BCUT2D eigenvalue weighted by molar-refractivity contribution is -0.117. The topological polar surface area (TPSA) is 96.2 Å². The molecule has 0 aliphatic heterocycles. The molecular weight excluding hydrogens is 435 g/mol. The number of nitrogens with one attached hydrogen (secondary N) is 2. The number of aryl methyl sites for hydroxylation is 1. The molecule has 0 atom stereocenters. The summed E-state index contributed by atoms with van der Waals surface area (Å²) in [4.78, 5) is 24.5. The van der Waals surface area contributed by atoms with Crippen LogP contribution in [0.2, 0.25) is 0 Å². The third kappa shape index (κ3) is 5.51. The third-order valence-electron chi connectivity index (χ3n) is 5.28.